The number of carbonyl (C=O) groups is 4. The molecular formula is C13H19N3O5. The van der Waals surface area contributed by atoms with Crippen molar-refractivity contribution < 1.29 is 23.9 Å². The third kappa shape index (κ3) is 6.28. The summed E-state index contributed by atoms with van der Waals surface area (Å²) in [5.74, 6) is 3.14. The molecule has 0 aromatic carbocycles. The molecule has 21 heavy (non-hydrogen) atoms. The van der Waals surface area contributed by atoms with Gasteiger partial charge in [0.15, 0.2) is 11.6 Å². The van der Waals surface area contributed by atoms with E-state index >= 15 is 0 Å². The van der Waals surface area contributed by atoms with E-state index in [1.807, 2.05) is 5.43 Å². The van der Waals surface area contributed by atoms with Crippen molar-refractivity contribution in [1.29, 1.82) is 0 Å². The van der Waals surface area contributed by atoms with Gasteiger partial charge in [-0.2, -0.15) is 0 Å². The number of nitrogens with two attached hydrogens (primary N) is 1. The van der Waals surface area contributed by atoms with Gasteiger partial charge in [0.25, 0.3) is 0 Å². The van der Waals surface area contributed by atoms with Crippen molar-refractivity contribution in [1.82, 2.24) is 10.7 Å². The zero-order chi connectivity index (χ0) is 15.7. The molecule has 8 heteroatoms. The van der Waals surface area contributed by atoms with Crippen LogP contribution in [0.2, 0.25) is 0 Å². The van der Waals surface area contributed by atoms with Gasteiger partial charge < -0.3 is 10.1 Å². The quantitative estimate of drug-likeness (QED) is 0.158. The average molecular weight is 297 g/mol. The summed E-state index contributed by atoms with van der Waals surface area (Å²) in [6.45, 7) is 0.788. The Labute approximate surface area is 122 Å². The van der Waals surface area contributed by atoms with E-state index < -0.39 is 5.92 Å². The van der Waals surface area contributed by atoms with Crippen molar-refractivity contribution in [3.63, 3.8) is 0 Å². The molecule has 0 aromatic rings. The molecule has 0 radical (unpaired) electrons. The van der Waals surface area contributed by atoms with Crippen LogP contribution in [0.3, 0.4) is 0 Å². The highest BCUT2D eigenvalue weighted by Crippen LogP contribution is 2.16. The Morgan fingerprint density at radius 1 is 1.10 bits per heavy atom. The van der Waals surface area contributed by atoms with E-state index in [0.29, 0.717) is 6.54 Å². The van der Waals surface area contributed by atoms with Gasteiger partial charge in [0.05, 0.1) is 25.6 Å². The predicted molar refractivity (Wildman–Crippen MR) is 72.7 cm³/mol. The standard InChI is InChI=1S/C13H19N3O5/c14-16-13(20)5-7-21-8-6-15-12(19)4-1-9-10(17)2-3-11(9)18/h2-3,9H,1,4-8,14H2,(H,15,19)(H,16,20). The molecule has 0 bridgehead atoms. The minimum atomic E-state index is -0.707. The number of rotatable bonds is 9. The Morgan fingerprint density at radius 3 is 2.38 bits per heavy atom. The molecule has 0 fully saturated rings. The number of amides is 2. The van der Waals surface area contributed by atoms with Gasteiger partial charge in [-0.15, -0.1) is 0 Å². The third-order valence-electron chi connectivity index (χ3n) is 2.96. The zero-order valence-corrected chi connectivity index (χ0v) is 11.6. The van der Waals surface area contributed by atoms with Gasteiger partial charge in [0.2, 0.25) is 11.8 Å². The molecule has 0 heterocycles. The summed E-state index contributed by atoms with van der Waals surface area (Å²) in [5, 5.41) is 2.61. The molecule has 116 valence electrons. The van der Waals surface area contributed by atoms with Crippen LogP contribution in [0.15, 0.2) is 12.2 Å². The van der Waals surface area contributed by atoms with E-state index in [1.54, 1.807) is 0 Å². The fourth-order valence-electron chi connectivity index (χ4n) is 1.79. The second-order valence-electron chi connectivity index (χ2n) is 4.51. The number of carbonyl (C=O) groups excluding carboxylic acids is 4. The zero-order valence-electron chi connectivity index (χ0n) is 11.6. The molecule has 1 rings (SSSR count). The molecule has 8 nitrogen and oxygen atoms in total. The van der Waals surface area contributed by atoms with Crippen molar-refractivity contribution in [2.45, 2.75) is 19.3 Å². The van der Waals surface area contributed by atoms with Crippen molar-refractivity contribution in [2.75, 3.05) is 19.8 Å². The first kappa shape index (κ1) is 17.0. The van der Waals surface area contributed by atoms with Gasteiger partial charge in [0.1, 0.15) is 0 Å². The first-order chi connectivity index (χ1) is 10.0. The maximum atomic E-state index is 11.5. The normalized spacial score (nSPS) is 14.5. The van der Waals surface area contributed by atoms with Crippen LogP contribution in [0.4, 0.5) is 0 Å². The monoisotopic (exact) mass is 297 g/mol. The van der Waals surface area contributed by atoms with Crippen molar-refractivity contribution >= 4 is 23.4 Å². The van der Waals surface area contributed by atoms with Crippen molar-refractivity contribution in [3.05, 3.63) is 12.2 Å². The number of nitrogens with one attached hydrogen (secondary N) is 2. The number of allylic oxidation sites excluding steroid dienone is 2. The van der Waals surface area contributed by atoms with Crippen LogP contribution in [0.1, 0.15) is 19.3 Å². The van der Waals surface area contributed by atoms with Gasteiger partial charge in [-0.25, -0.2) is 5.84 Å². The van der Waals surface area contributed by atoms with E-state index in [-0.39, 0.29) is 55.9 Å². The Balaban J connectivity index is 2.03. The maximum absolute atomic E-state index is 11.5. The highest BCUT2D eigenvalue weighted by molar-refractivity contribution is 6.18. The predicted octanol–water partition coefficient (Wildman–Crippen LogP) is -1.40. The summed E-state index contributed by atoms with van der Waals surface area (Å²) in [7, 11) is 0. The lowest BCUT2D eigenvalue weighted by Gasteiger charge is -2.08. The second kappa shape index (κ2) is 8.98. The van der Waals surface area contributed by atoms with Crippen LogP contribution in [0.25, 0.3) is 0 Å². The van der Waals surface area contributed by atoms with Crippen molar-refractivity contribution in [3.8, 4) is 0 Å². The molecule has 0 saturated carbocycles. The second-order valence-corrected chi connectivity index (χ2v) is 4.51. The van der Waals surface area contributed by atoms with Gasteiger partial charge >= 0.3 is 0 Å². The SMILES string of the molecule is NNC(=O)CCOCCNC(=O)CCC1C(=O)C=CC1=O. The molecule has 1 aliphatic carbocycles. The highest BCUT2D eigenvalue weighted by Gasteiger charge is 2.28. The van der Waals surface area contributed by atoms with Crippen LogP contribution in [-0.4, -0.2) is 43.1 Å². The van der Waals surface area contributed by atoms with Crippen LogP contribution in [0, 0.1) is 5.92 Å². The topological polar surface area (TPSA) is 128 Å². The van der Waals surface area contributed by atoms with Gasteiger partial charge in [0, 0.05) is 13.0 Å². The molecule has 0 saturated heterocycles. The number of hydrogen-bond donors (Lipinski definition) is 3. The van der Waals surface area contributed by atoms with Gasteiger partial charge in [-0.05, 0) is 18.6 Å². The number of ether oxygens (including phenoxy) is 1. The van der Waals surface area contributed by atoms with Crippen LogP contribution in [0.5, 0.6) is 0 Å². The smallest absolute Gasteiger partial charge is 0.236 e. The summed E-state index contributed by atoms with van der Waals surface area (Å²) in [6, 6.07) is 0. The first-order valence-corrected chi connectivity index (χ1v) is 6.64. The average Bonchev–Trinajstić information content (AvgIpc) is 2.79. The molecule has 2 amide bonds. The highest BCUT2D eigenvalue weighted by atomic mass is 16.5. The summed E-state index contributed by atoms with van der Waals surface area (Å²) in [6.07, 6.45) is 2.98. The minimum Gasteiger partial charge on any atom is -0.379 e. The van der Waals surface area contributed by atoms with E-state index in [1.165, 1.54) is 12.2 Å². The van der Waals surface area contributed by atoms with E-state index in [9.17, 15) is 19.2 Å². The third-order valence-corrected chi connectivity index (χ3v) is 2.96. The number of hydrogen-bond acceptors (Lipinski definition) is 6. The van der Waals surface area contributed by atoms with E-state index in [4.69, 9.17) is 10.6 Å². The molecule has 0 aliphatic heterocycles. The number of hydrazine groups is 1. The molecule has 4 N–H and O–H groups in total. The summed E-state index contributed by atoms with van der Waals surface area (Å²) < 4.78 is 5.12. The summed E-state index contributed by atoms with van der Waals surface area (Å²) in [5.41, 5.74) is 1.98. The Kier molecular flexibility index (Phi) is 7.27. The van der Waals surface area contributed by atoms with Gasteiger partial charge in [-0.1, -0.05) is 0 Å². The fraction of sp³-hybridized carbons (Fsp3) is 0.538. The Morgan fingerprint density at radius 2 is 1.76 bits per heavy atom. The lowest BCUT2D eigenvalue weighted by Crippen LogP contribution is -2.31. The fourth-order valence-corrected chi connectivity index (χ4v) is 1.79. The minimum absolute atomic E-state index is 0.111. The largest absolute Gasteiger partial charge is 0.379 e. The lowest BCUT2D eigenvalue weighted by atomic mass is 9.99. The maximum Gasteiger partial charge on any atom is 0.236 e. The molecular weight excluding hydrogens is 278 g/mol. The van der Waals surface area contributed by atoms with Crippen molar-refractivity contribution in [2.24, 2.45) is 11.8 Å². The molecule has 0 spiro atoms. The van der Waals surface area contributed by atoms with E-state index in [0.717, 1.165) is 0 Å². The summed E-state index contributed by atoms with van der Waals surface area (Å²) >= 11 is 0. The van der Waals surface area contributed by atoms with Crippen LogP contribution < -0.4 is 16.6 Å². The lowest BCUT2D eigenvalue weighted by molar-refractivity contribution is -0.127. The molecule has 1 aliphatic rings. The molecule has 0 aromatic heterocycles. The van der Waals surface area contributed by atoms with Gasteiger partial charge in [-0.3, -0.25) is 24.6 Å². The van der Waals surface area contributed by atoms with E-state index in [2.05, 4.69) is 5.32 Å². The summed E-state index contributed by atoms with van der Waals surface area (Å²) in [4.78, 5) is 44.9. The Hall–Kier alpha value is -2.06. The number of ketones is 2. The molecule has 0 atom stereocenters. The molecule has 0 unspecified atom stereocenters. The first-order valence-electron chi connectivity index (χ1n) is 6.64. The van der Waals surface area contributed by atoms with Crippen LogP contribution in [-0.2, 0) is 23.9 Å². The Bertz CT molecular complexity index is 429. The van der Waals surface area contributed by atoms with Crippen LogP contribution >= 0.6 is 0 Å².